The minimum Gasteiger partial charge on any atom is -0.450 e. The smallest absolute Gasteiger partial charge is 0.413 e. The van der Waals surface area contributed by atoms with Gasteiger partial charge in [0.05, 0.1) is 12.4 Å². The molecular formula is C15H17N3O3S2. The molecule has 1 aliphatic carbocycles. The number of thioether (sulfide) groups is 1. The molecule has 23 heavy (non-hydrogen) atoms. The molecule has 1 N–H and O–H groups in total. The first-order chi connectivity index (χ1) is 11.2. The van der Waals surface area contributed by atoms with Crippen LogP contribution in [0.4, 0.5) is 4.79 Å². The van der Waals surface area contributed by atoms with Crippen molar-refractivity contribution in [2.75, 3.05) is 12.4 Å². The third-order valence-electron chi connectivity index (χ3n) is 3.57. The largest absolute Gasteiger partial charge is 0.450 e. The first-order valence-electron chi connectivity index (χ1n) is 7.53. The van der Waals surface area contributed by atoms with Gasteiger partial charge in [-0.15, -0.1) is 11.3 Å². The lowest BCUT2D eigenvalue weighted by molar-refractivity contribution is -0.117. The van der Waals surface area contributed by atoms with Crippen LogP contribution < -0.4 is 5.32 Å². The molecule has 0 aliphatic heterocycles. The number of ether oxygens (including phenoxy) is 1. The van der Waals surface area contributed by atoms with E-state index in [1.807, 2.05) is 0 Å². The number of alkyl carbamates (subject to hydrolysis) is 1. The molecule has 1 aliphatic rings. The van der Waals surface area contributed by atoms with Crippen LogP contribution in [0.25, 0.3) is 10.2 Å². The molecule has 0 unspecified atom stereocenters. The molecule has 2 amide bonds. The van der Waals surface area contributed by atoms with Crippen molar-refractivity contribution in [2.24, 2.45) is 0 Å². The summed E-state index contributed by atoms with van der Waals surface area (Å²) in [5, 5.41) is 4.09. The van der Waals surface area contributed by atoms with Crippen LogP contribution >= 0.6 is 23.1 Å². The van der Waals surface area contributed by atoms with Gasteiger partial charge in [-0.2, -0.15) is 0 Å². The summed E-state index contributed by atoms with van der Waals surface area (Å²) >= 11 is 3.06. The molecule has 6 nitrogen and oxygen atoms in total. The molecule has 3 rings (SSSR count). The van der Waals surface area contributed by atoms with Crippen molar-refractivity contribution in [3.63, 3.8) is 0 Å². The molecule has 2 heterocycles. The summed E-state index contributed by atoms with van der Waals surface area (Å²) in [7, 11) is 0. The Kier molecular flexibility index (Phi) is 5.12. The summed E-state index contributed by atoms with van der Waals surface area (Å²) in [5.74, 6) is -0.264. The van der Waals surface area contributed by atoms with Gasteiger partial charge in [0.25, 0.3) is 0 Å². The van der Waals surface area contributed by atoms with Gasteiger partial charge >= 0.3 is 6.09 Å². The summed E-state index contributed by atoms with van der Waals surface area (Å²) in [6.45, 7) is 1.93. The number of thiophene rings is 1. The Morgan fingerprint density at radius 2 is 2.17 bits per heavy atom. The van der Waals surface area contributed by atoms with Crippen LogP contribution in [0.15, 0.2) is 11.4 Å². The number of carbonyl (C=O) groups is 2. The predicted octanol–water partition coefficient (Wildman–Crippen LogP) is 2.93. The van der Waals surface area contributed by atoms with E-state index >= 15 is 0 Å². The summed E-state index contributed by atoms with van der Waals surface area (Å²) < 4.78 is 4.69. The second kappa shape index (κ2) is 7.27. The van der Waals surface area contributed by atoms with Gasteiger partial charge in [0, 0.05) is 10.3 Å². The maximum Gasteiger partial charge on any atom is 0.413 e. The van der Waals surface area contributed by atoms with Crippen molar-refractivity contribution >= 4 is 45.3 Å². The monoisotopic (exact) mass is 351 g/mol. The molecule has 0 atom stereocenters. The number of nitrogens with one attached hydrogen (secondary N) is 1. The highest BCUT2D eigenvalue weighted by Crippen LogP contribution is 2.39. The highest BCUT2D eigenvalue weighted by atomic mass is 32.2. The minimum absolute atomic E-state index is 0.121. The second-order valence-corrected chi connectivity index (χ2v) is 7.17. The molecule has 122 valence electrons. The molecule has 0 saturated heterocycles. The number of aromatic nitrogens is 2. The summed E-state index contributed by atoms with van der Waals surface area (Å²) in [4.78, 5) is 34.1. The Balaban J connectivity index is 1.74. The topological polar surface area (TPSA) is 81.2 Å². The number of nitrogens with zero attached hydrogens (tertiary/aromatic N) is 2. The minimum atomic E-state index is -0.709. The lowest BCUT2D eigenvalue weighted by atomic mass is 9.97. The average molecular weight is 351 g/mol. The van der Waals surface area contributed by atoms with Gasteiger partial charge in [-0.1, -0.05) is 11.8 Å². The van der Waals surface area contributed by atoms with E-state index in [-0.39, 0.29) is 18.3 Å². The molecule has 0 bridgehead atoms. The summed E-state index contributed by atoms with van der Waals surface area (Å²) in [6, 6.07) is 0. The molecule has 0 aromatic carbocycles. The second-order valence-electron chi connectivity index (χ2n) is 5.13. The fraction of sp³-hybridized carbons (Fsp3) is 0.467. The lowest BCUT2D eigenvalue weighted by Gasteiger charge is -2.11. The summed E-state index contributed by atoms with van der Waals surface area (Å²) in [6.07, 6.45) is 5.38. The van der Waals surface area contributed by atoms with Crippen LogP contribution in [0.2, 0.25) is 0 Å². The molecule has 8 heteroatoms. The number of hydrogen-bond donors (Lipinski definition) is 1. The fourth-order valence-corrected chi connectivity index (χ4v) is 4.74. The van der Waals surface area contributed by atoms with E-state index in [9.17, 15) is 9.59 Å². The molecule has 0 saturated carbocycles. The van der Waals surface area contributed by atoms with Crippen molar-refractivity contribution in [3.05, 3.63) is 16.8 Å². The first kappa shape index (κ1) is 16.2. The zero-order valence-electron chi connectivity index (χ0n) is 12.8. The maximum absolute atomic E-state index is 11.8. The van der Waals surface area contributed by atoms with Crippen molar-refractivity contribution in [1.29, 1.82) is 0 Å². The van der Waals surface area contributed by atoms with Crippen molar-refractivity contribution in [2.45, 2.75) is 37.6 Å². The predicted molar refractivity (Wildman–Crippen MR) is 89.9 cm³/mol. The van der Waals surface area contributed by atoms with E-state index in [1.54, 1.807) is 18.3 Å². The van der Waals surface area contributed by atoms with E-state index in [2.05, 4.69) is 15.3 Å². The van der Waals surface area contributed by atoms with Crippen LogP contribution in [0, 0.1) is 0 Å². The SMILES string of the molecule is CCOC(=O)NC(=O)CSc1ncnc2sc3c(c12)CCCC3. The Hall–Kier alpha value is -1.67. The van der Waals surface area contributed by atoms with E-state index in [0.29, 0.717) is 0 Å². The molecule has 2 aromatic rings. The standard InChI is InChI=1S/C15H17N3O3S2/c1-2-21-15(20)18-11(19)7-22-13-12-9-5-3-4-6-10(9)23-14(12)17-8-16-13/h8H,2-7H2,1H3,(H,18,19,20). The van der Waals surface area contributed by atoms with Crippen molar-refractivity contribution in [3.8, 4) is 0 Å². The molecule has 0 radical (unpaired) electrons. The maximum atomic E-state index is 11.8. The molecular weight excluding hydrogens is 334 g/mol. The van der Waals surface area contributed by atoms with Gasteiger partial charge in [0.1, 0.15) is 16.2 Å². The fourth-order valence-electron chi connectivity index (χ4n) is 2.62. The average Bonchev–Trinajstić information content (AvgIpc) is 2.92. The Morgan fingerprint density at radius 1 is 1.35 bits per heavy atom. The zero-order valence-corrected chi connectivity index (χ0v) is 14.4. The summed E-state index contributed by atoms with van der Waals surface area (Å²) in [5.41, 5.74) is 1.34. The first-order valence-corrected chi connectivity index (χ1v) is 9.34. The molecule has 0 spiro atoms. The number of imide groups is 1. The third-order valence-corrected chi connectivity index (χ3v) is 5.76. The quantitative estimate of drug-likeness (QED) is 0.674. The number of fused-ring (bicyclic) bond motifs is 3. The Labute approximate surface area is 142 Å². The number of rotatable bonds is 4. The number of aryl methyl sites for hydroxylation is 2. The van der Waals surface area contributed by atoms with Crippen molar-refractivity contribution < 1.29 is 14.3 Å². The normalized spacial score (nSPS) is 13.6. The van der Waals surface area contributed by atoms with Gasteiger partial charge in [-0.05, 0) is 38.2 Å². The number of hydrogen-bond acceptors (Lipinski definition) is 7. The van der Waals surface area contributed by atoms with Crippen LogP contribution in [-0.2, 0) is 22.4 Å². The van der Waals surface area contributed by atoms with E-state index in [4.69, 9.17) is 4.74 Å². The highest BCUT2D eigenvalue weighted by Gasteiger charge is 2.20. The van der Waals surface area contributed by atoms with Crippen LogP contribution in [0.3, 0.4) is 0 Å². The Morgan fingerprint density at radius 3 is 3.00 bits per heavy atom. The zero-order chi connectivity index (χ0) is 16.2. The molecule has 2 aromatic heterocycles. The highest BCUT2D eigenvalue weighted by molar-refractivity contribution is 8.00. The Bertz CT molecular complexity index is 745. The van der Waals surface area contributed by atoms with Gasteiger partial charge in [0.2, 0.25) is 5.91 Å². The molecule has 0 fully saturated rings. The van der Waals surface area contributed by atoms with Crippen LogP contribution in [0.1, 0.15) is 30.2 Å². The third kappa shape index (κ3) is 3.64. The van der Waals surface area contributed by atoms with Crippen molar-refractivity contribution in [1.82, 2.24) is 15.3 Å². The number of amides is 2. The van der Waals surface area contributed by atoms with E-state index in [1.165, 1.54) is 41.4 Å². The number of carbonyl (C=O) groups excluding carboxylic acids is 2. The van der Waals surface area contributed by atoms with Gasteiger partial charge < -0.3 is 4.74 Å². The van der Waals surface area contributed by atoms with Crippen LogP contribution in [0.5, 0.6) is 0 Å². The van der Waals surface area contributed by atoms with E-state index < -0.39 is 6.09 Å². The van der Waals surface area contributed by atoms with E-state index in [0.717, 1.165) is 28.1 Å². The van der Waals surface area contributed by atoms with Crippen LogP contribution in [-0.4, -0.2) is 34.3 Å². The van der Waals surface area contributed by atoms with Gasteiger partial charge in [-0.25, -0.2) is 14.8 Å². The lowest BCUT2D eigenvalue weighted by Crippen LogP contribution is -2.32. The van der Waals surface area contributed by atoms with Gasteiger partial charge in [-0.3, -0.25) is 10.1 Å². The van der Waals surface area contributed by atoms with Gasteiger partial charge in [0.15, 0.2) is 0 Å².